The summed E-state index contributed by atoms with van der Waals surface area (Å²) in [5, 5.41) is 3.65. The van der Waals surface area contributed by atoms with Gasteiger partial charge in [-0.15, -0.1) is 0 Å². The summed E-state index contributed by atoms with van der Waals surface area (Å²) in [6.07, 6.45) is 6.27. The predicted octanol–water partition coefficient (Wildman–Crippen LogP) is 3.41. The summed E-state index contributed by atoms with van der Waals surface area (Å²) in [4.78, 5) is 0. The van der Waals surface area contributed by atoms with Crippen LogP contribution in [0, 0.1) is 5.92 Å². The monoisotopic (exact) mass is 277 g/mol. The summed E-state index contributed by atoms with van der Waals surface area (Å²) in [6.45, 7) is 3.48. The molecule has 0 spiro atoms. The first-order valence-corrected chi connectivity index (χ1v) is 7.71. The lowest BCUT2D eigenvalue weighted by atomic mass is 9.88. The van der Waals surface area contributed by atoms with Crippen LogP contribution in [0.4, 0.5) is 0 Å². The van der Waals surface area contributed by atoms with Gasteiger partial charge in [0.1, 0.15) is 0 Å². The number of aryl methyl sites for hydroxylation is 1. The van der Waals surface area contributed by atoms with Crippen LogP contribution in [-0.2, 0) is 6.42 Å². The van der Waals surface area contributed by atoms with Crippen LogP contribution < -0.4 is 14.8 Å². The fourth-order valence-electron chi connectivity index (χ4n) is 3.06. The van der Waals surface area contributed by atoms with E-state index < -0.39 is 0 Å². The fraction of sp³-hybridized carbons (Fsp3) is 0.647. The molecule has 0 aliphatic carbocycles. The molecule has 1 saturated heterocycles. The number of nitrogens with one attached hydrogen (secondary N) is 1. The number of hydrogen-bond acceptors (Lipinski definition) is 3. The van der Waals surface area contributed by atoms with Gasteiger partial charge in [0.25, 0.3) is 0 Å². The summed E-state index contributed by atoms with van der Waals surface area (Å²) in [6, 6.07) is 6.90. The SMILES string of the molecule is CCC1CCNC(CCc2ccc(OC)c(OC)c2)C1. The summed E-state index contributed by atoms with van der Waals surface area (Å²) >= 11 is 0. The third-order valence-corrected chi connectivity index (χ3v) is 4.41. The van der Waals surface area contributed by atoms with Gasteiger partial charge in [0.05, 0.1) is 14.2 Å². The summed E-state index contributed by atoms with van der Waals surface area (Å²) < 4.78 is 10.6. The van der Waals surface area contributed by atoms with Crippen molar-refractivity contribution < 1.29 is 9.47 Å². The van der Waals surface area contributed by atoms with Crippen LogP contribution in [0.25, 0.3) is 0 Å². The zero-order chi connectivity index (χ0) is 14.4. The molecule has 0 aromatic heterocycles. The van der Waals surface area contributed by atoms with Crippen LogP contribution in [0.15, 0.2) is 18.2 Å². The molecule has 2 rings (SSSR count). The van der Waals surface area contributed by atoms with Gasteiger partial charge >= 0.3 is 0 Å². The normalized spacial score (nSPS) is 22.6. The number of hydrogen-bond donors (Lipinski definition) is 1. The van der Waals surface area contributed by atoms with Crippen LogP contribution in [0.3, 0.4) is 0 Å². The molecule has 3 heteroatoms. The topological polar surface area (TPSA) is 30.5 Å². The van der Waals surface area contributed by atoms with Gasteiger partial charge in [-0.05, 0) is 55.8 Å². The van der Waals surface area contributed by atoms with E-state index in [1.165, 1.54) is 37.8 Å². The van der Waals surface area contributed by atoms with E-state index in [4.69, 9.17) is 9.47 Å². The lowest BCUT2D eigenvalue weighted by Crippen LogP contribution is -2.38. The molecule has 1 aromatic carbocycles. The van der Waals surface area contributed by atoms with Crippen molar-refractivity contribution in [2.45, 2.75) is 45.1 Å². The quantitative estimate of drug-likeness (QED) is 0.864. The van der Waals surface area contributed by atoms with E-state index in [9.17, 15) is 0 Å². The highest BCUT2D eigenvalue weighted by molar-refractivity contribution is 5.42. The molecule has 2 unspecified atom stereocenters. The highest BCUT2D eigenvalue weighted by Crippen LogP contribution is 2.29. The number of ether oxygens (including phenoxy) is 2. The minimum atomic E-state index is 0.668. The summed E-state index contributed by atoms with van der Waals surface area (Å²) in [5.74, 6) is 2.54. The Balaban J connectivity index is 1.90. The molecule has 1 fully saturated rings. The van der Waals surface area contributed by atoms with Gasteiger partial charge in [-0.2, -0.15) is 0 Å². The molecule has 20 heavy (non-hydrogen) atoms. The van der Waals surface area contributed by atoms with Crippen LogP contribution in [-0.4, -0.2) is 26.8 Å². The van der Waals surface area contributed by atoms with Crippen LogP contribution in [0.5, 0.6) is 11.5 Å². The van der Waals surface area contributed by atoms with Gasteiger partial charge in [0.2, 0.25) is 0 Å². The molecule has 112 valence electrons. The molecule has 1 aliphatic rings. The van der Waals surface area contributed by atoms with Crippen molar-refractivity contribution in [2.24, 2.45) is 5.92 Å². The molecule has 1 heterocycles. The van der Waals surface area contributed by atoms with Crippen molar-refractivity contribution in [1.82, 2.24) is 5.32 Å². The van der Waals surface area contributed by atoms with Gasteiger partial charge < -0.3 is 14.8 Å². The molecular formula is C17H27NO2. The Hall–Kier alpha value is -1.22. The molecule has 0 bridgehead atoms. The Morgan fingerprint density at radius 1 is 1.20 bits per heavy atom. The van der Waals surface area contributed by atoms with E-state index in [1.54, 1.807) is 14.2 Å². The van der Waals surface area contributed by atoms with Crippen molar-refractivity contribution in [3.8, 4) is 11.5 Å². The third-order valence-electron chi connectivity index (χ3n) is 4.41. The average molecular weight is 277 g/mol. The van der Waals surface area contributed by atoms with Crippen molar-refractivity contribution in [2.75, 3.05) is 20.8 Å². The van der Waals surface area contributed by atoms with E-state index in [1.807, 2.05) is 6.07 Å². The Morgan fingerprint density at radius 3 is 2.70 bits per heavy atom. The van der Waals surface area contributed by atoms with Gasteiger partial charge in [0, 0.05) is 6.04 Å². The van der Waals surface area contributed by atoms with Gasteiger partial charge in [0.15, 0.2) is 11.5 Å². The van der Waals surface area contributed by atoms with E-state index in [-0.39, 0.29) is 0 Å². The Labute approximate surface area is 122 Å². The summed E-state index contributed by atoms with van der Waals surface area (Å²) in [5.41, 5.74) is 1.32. The standard InChI is InChI=1S/C17H27NO2/c1-4-13-9-10-18-15(11-13)7-5-14-6-8-16(19-2)17(12-14)20-3/h6,8,12-13,15,18H,4-5,7,9-11H2,1-3H3. The van der Waals surface area contributed by atoms with Crippen LogP contribution in [0.2, 0.25) is 0 Å². The number of piperidine rings is 1. The van der Waals surface area contributed by atoms with Crippen molar-refractivity contribution in [3.05, 3.63) is 23.8 Å². The van der Waals surface area contributed by atoms with E-state index in [0.717, 1.165) is 23.8 Å². The van der Waals surface area contributed by atoms with E-state index >= 15 is 0 Å². The van der Waals surface area contributed by atoms with Crippen molar-refractivity contribution in [3.63, 3.8) is 0 Å². The predicted molar refractivity (Wildman–Crippen MR) is 82.7 cm³/mol. The second kappa shape index (κ2) is 7.53. The second-order valence-electron chi connectivity index (χ2n) is 5.68. The first kappa shape index (κ1) is 15.2. The molecule has 3 nitrogen and oxygen atoms in total. The first-order valence-electron chi connectivity index (χ1n) is 7.71. The molecular weight excluding hydrogens is 250 g/mol. The largest absolute Gasteiger partial charge is 0.493 e. The van der Waals surface area contributed by atoms with Crippen molar-refractivity contribution >= 4 is 0 Å². The second-order valence-corrected chi connectivity index (χ2v) is 5.68. The lowest BCUT2D eigenvalue weighted by molar-refractivity contribution is 0.285. The highest BCUT2D eigenvalue weighted by atomic mass is 16.5. The molecule has 0 radical (unpaired) electrons. The zero-order valence-electron chi connectivity index (χ0n) is 12.9. The smallest absolute Gasteiger partial charge is 0.160 e. The number of rotatable bonds is 6. The van der Waals surface area contributed by atoms with E-state index in [0.29, 0.717) is 6.04 Å². The maximum atomic E-state index is 5.36. The van der Waals surface area contributed by atoms with Gasteiger partial charge in [-0.1, -0.05) is 19.4 Å². The third kappa shape index (κ3) is 3.89. The highest BCUT2D eigenvalue weighted by Gasteiger charge is 2.19. The molecule has 2 atom stereocenters. The molecule has 1 N–H and O–H groups in total. The van der Waals surface area contributed by atoms with Crippen LogP contribution >= 0.6 is 0 Å². The lowest BCUT2D eigenvalue weighted by Gasteiger charge is -2.29. The van der Waals surface area contributed by atoms with Gasteiger partial charge in [-0.25, -0.2) is 0 Å². The fourth-order valence-corrected chi connectivity index (χ4v) is 3.06. The average Bonchev–Trinajstić information content (AvgIpc) is 2.52. The molecule has 0 saturated carbocycles. The minimum Gasteiger partial charge on any atom is -0.493 e. The molecule has 1 aromatic rings. The number of benzene rings is 1. The maximum Gasteiger partial charge on any atom is 0.160 e. The minimum absolute atomic E-state index is 0.668. The Morgan fingerprint density at radius 2 is 2.00 bits per heavy atom. The van der Waals surface area contributed by atoms with E-state index in [2.05, 4.69) is 24.4 Å². The summed E-state index contributed by atoms with van der Waals surface area (Å²) in [7, 11) is 3.37. The maximum absolute atomic E-state index is 5.36. The zero-order valence-corrected chi connectivity index (χ0v) is 12.9. The van der Waals surface area contributed by atoms with Gasteiger partial charge in [-0.3, -0.25) is 0 Å². The Bertz CT molecular complexity index is 419. The van der Waals surface area contributed by atoms with Crippen LogP contribution in [0.1, 0.15) is 38.2 Å². The van der Waals surface area contributed by atoms with Crippen molar-refractivity contribution in [1.29, 1.82) is 0 Å². The number of methoxy groups -OCH3 is 2. The Kier molecular flexibility index (Phi) is 5.72. The molecule has 0 amide bonds. The molecule has 1 aliphatic heterocycles. The first-order chi connectivity index (χ1) is 9.76.